The summed E-state index contributed by atoms with van der Waals surface area (Å²) in [6.45, 7) is 5.42. The molecular formula is C27H28FN5OS. The fourth-order valence-corrected chi connectivity index (χ4v) is 6.70. The third-order valence-corrected chi connectivity index (χ3v) is 8.52. The Kier molecular flexibility index (Phi) is 6.18. The summed E-state index contributed by atoms with van der Waals surface area (Å²) in [6.07, 6.45) is 8.28. The number of aromatic nitrogens is 3. The zero-order valence-corrected chi connectivity index (χ0v) is 20.4. The van der Waals surface area contributed by atoms with Gasteiger partial charge in [-0.2, -0.15) is 0 Å². The van der Waals surface area contributed by atoms with Crippen molar-refractivity contribution in [2.24, 2.45) is 0 Å². The van der Waals surface area contributed by atoms with Gasteiger partial charge in [-0.15, -0.1) is 11.3 Å². The van der Waals surface area contributed by atoms with Crippen LogP contribution in [0.15, 0.2) is 59.9 Å². The van der Waals surface area contributed by atoms with Gasteiger partial charge in [-0.25, -0.2) is 9.37 Å². The van der Waals surface area contributed by atoms with Crippen molar-refractivity contribution < 1.29 is 4.39 Å². The van der Waals surface area contributed by atoms with Gasteiger partial charge in [0.1, 0.15) is 10.6 Å². The van der Waals surface area contributed by atoms with Crippen LogP contribution < -0.4 is 5.56 Å². The number of thiophene rings is 1. The smallest absolute Gasteiger partial charge is 0.262 e. The minimum Gasteiger partial charge on any atom is -0.297 e. The van der Waals surface area contributed by atoms with Gasteiger partial charge in [-0.05, 0) is 42.5 Å². The highest BCUT2D eigenvalue weighted by atomic mass is 32.1. The van der Waals surface area contributed by atoms with Crippen LogP contribution in [0.3, 0.4) is 0 Å². The van der Waals surface area contributed by atoms with Crippen LogP contribution in [0.5, 0.6) is 0 Å². The predicted octanol–water partition coefficient (Wildman–Crippen LogP) is 3.72. The second kappa shape index (κ2) is 9.60. The van der Waals surface area contributed by atoms with Crippen LogP contribution in [0.4, 0.5) is 4.39 Å². The molecule has 35 heavy (non-hydrogen) atoms. The van der Waals surface area contributed by atoms with Crippen LogP contribution in [-0.4, -0.2) is 56.6 Å². The standard InChI is InChI=1S/C27H28FN5OS/c28-23-6-2-1-5-20(23)17-33-18-30-26-25(27(33)34)22-8-7-21(14-24(22)35-26)32-12-10-31(11-13-32)16-19-4-3-9-29-15-19/h1-6,9,15,18,21H,7-8,10-14,16-17H2. The summed E-state index contributed by atoms with van der Waals surface area (Å²) in [4.78, 5) is 29.4. The maximum atomic E-state index is 14.1. The summed E-state index contributed by atoms with van der Waals surface area (Å²) in [5, 5.41) is 0.739. The van der Waals surface area contributed by atoms with Crippen molar-refractivity contribution in [3.8, 4) is 0 Å². The summed E-state index contributed by atoms with van der Waals surface area (Å²) in [5.41, 5.74) is 2.87. The number of nitrogens with zero attached hydrogens (tertiary/aromatic N) is 5. The molecule has 6 rings (SSSR count). The van der Waals surface area contributed by atoms with E-state index >= 15 is 0 Å². The van der Waals surface area contributed by atoms with Gasteiger partial charge in [0, 0.05) is 61.6 Å². The zero-order chi connectivity index (χ0) is 23.8. The summed E-state index contributed by atoms with van der Waals surface area (Å²) < 4.78 is 15.7. The van der Waals surface area contributed by atoms with E-state index in [1.54, 1.807) is 40.4 Å². The number of fused-ring (bicyclic) bond motifs is 3. The quantitative estimate of drug-likeness (QED) is 0.428. The fourth-order valence-electron chi connectivity index (χ4n) is 5.45. The molecule has 0 bridgehead atoms. The molecule has 1 saturated heterocycles. The van der Waals surface area contributed by atoms with Crippen LogP contribution in [-0.2, 0) is 25.9 Å². The Morgan fingerprint density at radius 3 is 2.71 bits per heavy atom. The molecule has 3 aromatic heterocycles. The van der Waals surface area contributed by atoms with Crippen LogP contribution in [0, 0.1) is 5.82 Å². The largest absolute Gasteiger partial charge is 0.297 e. The predicted molar refractivity (Wildman–Crippen MR) is 136 cm³/mol. The molecule has 1 fully saturated rings. The third kappa shape index (κ3) is 4.53. The first-order valence-electron chi connectivity index (χ1n) is 12.2. The number of rotatable bonds is 5. The SMILES string of the molecule is O=c1c2c3c(sc2ncn1Cc1ccccc1F)CC(N1CCN(Cc2cccnc2)CC1)CC3. The van der Waals surface area contributed by atoms with Gasteiger partial charge in [0.15, 0.2) is 0 Å². The Labute approximate surface area is 207 Å². The second-order valence-electron chi connectivity index (χ2n) is 9.52. The topological polar surface area (TPSA) is 54.3 Å². The van der Waals surface area contributed by atoms with Gasteiger partial charge in [0.05, 0.1) is 18.3 Å². The number of halogens is 1. The molecule has 0 amide bonds. The van der Waals surface area contributed by atoms with E-state index in [9.17, 15) is 9.18 Å². The molecule has 1 unspecified atom stereocenters. The maximum Gasteiger partial charge on any atom is 0.262 e. The number of hydrogen-bond donors (Lipinski definition) is 0. The average molecular weight is 490 g/mol. The van der Waals surface area contributed by atoms with Crippen molar-refractivity contribution in [2.45, 2.75) is 38.4 Å². The molecular weight excluding hydrogens is 461 g/mol. The Morgan fingerprint density at radius 2 is 1.91 bits per heavy atom. The first kappa shape index (κ1) is 22.5. The van der Waals surface area contributed by atoms with E-state index in [-0.39, 0.29) is 17.9 Å². The number of piperazine rings is 1. The highest BCUT2D eigenvalue weighted by molar-refractivity contribution is 7.18. The van der Waals surface area contributed by atoms with Crippen molar-refractivity contribution in [1.82, 2.24) is 24.3 Å². The molecule has 0 spiro atoms. The summed E-state index contributed by atoms with van der Waals surface area (Å²) in [6, 6.07) is 11.3. The molecule has 1 aliphatic heterocycles. The molecule has 4 heterocycles. The van der Waals surface area contributed by atoms with Gasteiger partial charge < -0.3 is 0 Å². The zero-order valence-electron chi connectivity index (χ0n) is 19.6. The number of aryl methyl sites for hydroxylation is 1. The Bertz CT molecular complexity index is 1390. The molecule has 4 aromatic rings. The Morgan fingerprint density at radius 1 is 1.06 bits per heavy atom. The van der Waals surface area contributed by atoms with E-state index in [4.69, 9.17) is 0 Å². The Balaban J connectivity index is 1.16. The van der Waals surface area contributed by atoms with Gasteiger partial charge in [-0.3, -0.25) is 24.1 Å². The fraction of sp³-hybridized carbons (Fsp3) is 0.370. The minimum atomic E-state index is -0.296. The highest BCUT2D eigenvalue weighted by Crippen LogP contribution is 2.35. The van der Waals surface area contributed by atoms with Crippen molar-refractivity contribution in [3.63, 3.8) is 0 Å². The maximum absolute atomic E-state index is 14.1. The van der Waals surface area contributed by atoms with Gasteiger partial charge in [0.25, 0.3) is 5.56 Å². The van der Waals surface area contributed by atoms with Crippen LogP contribution >= 0.6 is 11.3 Å². The van der Waals surface area contributed by atoms with Gasteiger partial charge in [0.2, 0.25) is 0 Å². The van der Waals surface area contributed by atoms with E-state index < -0.39 is 0 Å². The monoisotopic (exact) mass is 489 g/mol. The lowest BCUT2D eigenvalue weighted by atomic mass is 9.91. The van der Waals surface area contributed by atoms with E-state index in [1.807, 2.05) is 18.5 Å². The van der Waals surface area contributed by atoms with E-state index in [0.29, 0.717) is 11.6 Å². The molecule has 0 N–H and O–H groups in total. The van der Waals surface area contributed by atoms with Crippen LogP contribution in [0.2, 0.25) is 0 Å². The molecule has 6 nitrogen and oxygen atoms in total. The normalized spacial score (nSPS) is 19.2. The second-order valence-corrected chi connectivity index (χ2v) is 10.6. The molecule has 0 radical (unpaired) electrons. The van der Waals surface area contributed by atoms with Crippen molar-refractivity contribution in [3.05, 3.63) is 92.9 Å². The van der Waals surface area contributed by atoms with Crippen LogP contribution in [0.1, 0.15) is 28.0 Å². The van der Waals surface area contributed by atoms with Gasteiger partial charge >= 0.3 is 0 Å². The highest BCUT2D eigenvalue weighted by Gasteiger charge is 2.30. The number of hydrogen-bond acceptors (Lipinski definition) is 6. The van der Waals surface area contributed by atoms with Crippen LogP contribution in [0.25, 0.3) is 10.2 Å². The molecule has 1 atom stereocenters. The summed E-state index contributed by atoms with van der Waals surface area (Å²) in [7, 11) is 0. The lowest BCUT2D eigenvalue weighted by Crippen LogP contribution is -2.51. The summed E-state index contributed by atoms with van der Waals surface area (Å²) >= 11 is 1.66. The van der Waals surface area contributed by atoms with Gasteiger partial charge in [-0.1, -0.05) is 24.3 Å². The van der Waals surface area contributed by atoms with Crippen molar-refractivity contribution in [1.29, 1.82) is 0 Å². The van der Waals surface area contributed by atoms with E-state index in [2.05, 4.69) is 25.8 Å². The Hall–Kier alpha value is -2.94. The molecule has 0 saturated carbocycles. The third-order valence-electron chi connectivity index (χ3n) is 7.36. The first-order chi connectivity index (χ1) is 17.2. The first-order valence-corrected chi connectivity index (χ1v) is 13.1. The molecule has 1 aromatic carbocycles. The molecule has 1 aliphatic carbocycles. The minimum absolute atomic E-state index is 0.0572. The summed E-state index contributed by atoms with van der Waals surface area (Å²) in [5.74, 6) is -0.296. The lowest BCUT2D eigenvalue weighted by Gasteiger charge is -2.40. The van der Waals surface area contributed by atoms with Crippen molar-refractivity contribution in [2.75, 3.05) is 26.2 Å². The number of benzene rings is 1. The molecule has 8 heteroatoms. The van der Waals surface area contributed by atoms with E-state index in [0.717, 1.165) is 67.8 Å². The van der Waals surface area contributed by atoms with Crippen molar-refractivity contribution >= 4 is 21.6 Å². The molecule has 180 valence electrons. The average Bonchev–Trinajstić information content (AvgIpc) is 3.26. The lowest BCUT2D eigenvalue weighted by molar-refractivity contribution is 0.0861. The van der Waals surface area contributed by atoms with E-state index in [1.165, 1.54) is 16.5 Å². The molecule has 2 aliphatic rings. The number of pyridine rings is 1.